The summed E-state index contributed by atoms with van der Waals surface area (Å²) in [4.78, 5) is 26.7. The van der Waals surface area contributed by atoms with Gasteiger partial charge in [-0.15, -0.1) is 0 Å². The van der Waals surface area contributed by atoms with Gasteiger partial charge >= 0.3 is 12.1 Å². The zero-order valence-electron chi connectivity index (χ0n) is 22.9. The molecule has 0 aromatic heterocycles. The SMILES string of the molecule is CC(C)C[C@@H](NC(=O)OC(C)(C)C)[C@](O)(Cc1ccccc1)C(=O)O[C@@H]1CCCC[C@H]1c1ccccc1. The Morgan fingerprint density at radius 1 is 0.973 bits per heavy atom. The molecule has 6 heteroatoms. The van der Waals surface area contributed by atoms with E-state index in [-0.39, 0.29) is 24.4 Å². The highest BCUT2D eigenvalue weighted by Crippen LogP contribution is 2.36. The summed E-state index contributed by atoms with van der Waals surface area (Å²) in [6, 6.07) is 18.6. The maximum atomic E-state index is 13.9. The highest BCUT2D eigenvalue weighted by atomic mass is 16.6. The summed E-state index contributed by atoms with van der Waals surface area (Å²) >= 11 is 0. The molecule has 3 rings (SSSR count). The highest BCUT2D eigenvalue weighted by molar-refractivity contribution is 5.82. The van der Waals surface area contributed by atoms with E-state index in [2.05, 4.69) is 17.4 Å². The fourth-order valence-corrected chi connectivity index (χ4v) is 5.10. The van der Waals surface area contributed by atoms with Crippen LogP contribution in [0.15, 0.2) is 60.7 Å². The van der Waals surface area contributed by atoms with Gasteiger partial charge in [-0.2, -0.15) is 0 Å². The topological polar surface area (TPSA) is 84.9 Å². The van der Waals surface area contributed by atoms with Crippen LogP contribution < -0.4 is 5.32 Å². The van der Waals surface area contributed by atoms with Gasteiger partial charge in [-0.3, -0.25) is 0 Å². The van der Waals surface area contributed by atoms with Gasteiger partial charge in [0.05, 0.1) is 6.04 Å². The molecular weight excluding hydrogens is 466 g/mol. The molecule has 6 nitrogen and oxygen atoms in total. The summed E-state index contributed by atoms with van der Waals surface area (Å²) in [5.41, 5.74) is -0.765. The zero-order valence-corrected chi connectivity index (χ0v) is 22.9. The van der Waals surface area contributed by atoms with Gasteiger partial charge in [-0.1, -0.05) is 80.9 Å². The molecule has 1 saturated carbocycles. The summed E-state index contributed by atoms with van der Waals surface area (Å²) in [5, 5.41) is 14.9. The van der Waals surface area contributed by atoms with E-state index in [4.69, 9.17) is 9.47 Å². The van der Waals surface area contributed by atoms with Crippen molar-refractivity contribution in [3.8, 4) is 0 Å². The molecule has 0 bridgehead atoms. The van der Waals surface area contributed by atoms with E-state index < -0.39 is 29.3 Å². The van der Waals surface area contributed by atoms with Gasteiger partial charge in [0, 0.05) is 12.3 Å². The lowest BCUT2D eigenvalue weighted by Crippen LogP contribution is -2.60. The molecule has 0 saturated heterocycles. The average molecular weight is 510 g/mol. The molecule has 0 aliphatic heterocycles. The maximum Gasteiger partial charge on any atom is 0.407 e. The van der Waals surface area contributed by atoms with Crippen LogP contribution in [0.25, 0.3) is 0 Å². The van der Waals surface area contributed by atoms with Crippen molar-refractivity contribution in [1.29, 1.82) is 0 Å². The lowest BCUT2D eigenvalue weighted by atomic mass is 9.80. The molecule has 37 heavy (non-hydrogen) atoms. The molecule has 2 aromatic rings. The fraction of sp³-hybridized carbons (Fsp3) is 0.548. The van der Waals surface area contributed by atoms with Crippen LogP contribution in [-0.2, 0) is 20.7 Å². The van der Waals surface area contributed by atoms with Crippen LogP contribution in [0.2, 0.25) is 0 Å². The monoisotopic (exact) mass is 509 g/mol. The largest absolute Gasteiger partial charge is 0.460 e. The van der Waals surface area contributed by atoms with Gasteiger partial charge in [0.2, 0.25) is 0 Å². The number of aliphatic hydroxyl groups is 1. The molecule has 0 unspecified atom stereocenters. The minimum absolute atomic E-state index is 0.0164. The zero-order chi connectivity index (χ0) is 27.1. The molecular formula is C31H43NO5. The standard InChI is InChI=1S/C31H43NO5/c1-22(2)20-27(32-29(34)37-30(3,4)5)31(35,21-23-14-8-6-9-15-23)28(33)36-26-19-13-12-18-25(26)24-16-10-7-11-17-24/h6-11,14-17,22,25-27,35H,12-13,18-21H2,1-5H3,(H,32,34)/t25-,26+,27+,31+/m0/s1. The number of hydrogen-bond donors (Lipinski definition) is 2. The van der Waals surface area contributed by atoms with Crippen LogP contribution in [0, 0.1) is 5.92 Å². The first-order valence-corrected chi connectivity index (χ1v) is 13.5. The number of carbonyl (C=O) groups excluding carboxylic acids is 2. The van der Waals surface area contributed by atoms with E-state index >= 15 is 0 Å². The Hall–Kier alpha value is -2.86. The Kier molecular flexibility index (Phi) is 9.77. The van der Waals surface area contributed by atoms with Crippen molar-refractivity contribution < 1.29 is 24.2 Å². The number of alkyl carbamates (subject to hydrolysis) is 1. The van der Waals surface area contributed by atoms with Crippen molar-refractivity contribution in [2.45, 2.75) is 102 Å². The van der Waals surface area contributed by atoms with E-state index in [0.717, 1.165) is 36.8 Å². The van der Waals surface area contributed by atoms with Crippen molar-refractivity contribution in [2.75, 3.05) is 0 Å². The summed E-state index contributed by atoms with van der Waals surface area (Å²) in [6.45, 7) is 9.32. The number of benzene rings is 2. The van der Waals surface area contributed by atoms with E-state index in [1.165, 1.54) is 0 Å². The predicted octanol–water partition coefficient (Wildman–Crippen LogP) is 6.17. The van der Waals surface area contributed by atoms with Gasteiger partial charge < -0.3 is 19.9 Å². The van der Waals surface area contributed by atoms with E-state index in [1.54, 1.807) is 20.8 Å². The minimum atomic E-state index is -1.97. The Balaban J connectivity index is 1.92. The lowest BCUT2D eigenvalue weighted by Gasteiger charge is -2.39. The number of amides is 1. The Labute approximate surface area is 221 Å². The maximum absolute atomic E-state index is 13.9. The molecule has 4 atom stereocenters. The van der Waals surface area contributed by atoms with Crippen molar-refractivity contribution in [3.63, 3.8) is 0 Å². The number of esters is 1. The van der Waals surface area contributed by atoms with Crippen LogP contribution in [0.4, 0.5) is 4.79 Å². The highest BCUT2D eigenvalue weighted by Gasteiger charge is 2.48. The molecule has 1 aliphatic rings. The number of rotatable bonds is 9. The Morgan fingerprint density at radius 2 is 1.57 bits per heavy atom. The fourth-order valence-electron chi connectivity index (χ4n) is 5.10. The first-order chi connectivity index (χ1) is 17.5. The summed E-state index contributed by atoms with van der Waals surface area (Å²) in [7, 11) is 0. The second kappa shape index (κ2) is 12.6. The molecule has 0 heterocycles. The number of hydrogen-bond acceptors (Lipinski definition) is 5. The van der Waals surface area contributed by atoms with Gasteiger partial charge in [0.1, 0.15) is 11.7 Å². The lowest BCUT2D eigenvalue weighted by molar-refractivity contribution is -0.177. The quantitative estimate of drug-likeness (QED) is 0.395. The van der Waals surface area contributed by atoms with Crippen molar-refractivity contribution in [1.82, 2.24) is 5.32 Å². The molecule has 1 amide bonds. The number of ether oxygens (including phenoxy) is 2. The molecule has 2 aromatic carbocycles. The minimum Gasteiger partial charge on any atom is -0.460 e. The third-order valence-corrected chi connectivity index (χ3v) is 6.83. The summed E-state index contributed by atoms with van der Waals surface area (Å²) in [5.74, 6) is -0.532. The van der Waals surface area contributed by atoms with Crippen molar-refractivity contribution in [3.05, 3.63) is 71.8 Å². The second-order valence-corrected chi connectivity index (χ2v) is 11.7. The first-order valence-electron chi connectivity index (χ1n) is 13.5. The van der Waals surface area contributed by atoms with Gasteiger partial charge in [0.15, 0.2) is 5.60 Å². The van der Waals surface area contributed by atoms with E-state index in [1.807, 2.05) is 62.4 Å². The molecule has 2 N–H and O–H groups in total. The first kappa shape index (κ1) is 28.7. The smallest absolute Gasteiger partial charge is 0.407 e. The van der Waals surface area contributed by atoms with Crippen LogP contribution in [0.1, 0.15) is 83.8 Å². The van der Waals surface area contributed by atoms with Gasteiger partial charge in [-0.25, -0.2) is 9.59 Å². The molecule has 1 fully saturated rings. The second-order valence-electron chi connectivity index (χ2n) is 11.7. The van der Waals surface area contributed by atoms with Crippen molar-refractivity contribution in [2.24, 2.45) is 5.92 Å². The third kappa shape index (κ3) is 8.32. The molecule has 0 radical (unpaired) electrons. The van der Waals surface area contributed by atoms with Crippen LogP contribution in [0.3, 0.4) is 0 Å². The van der Waals surface area contributed by atoms with Crippen LogP contribution >= 0.6 is 0 Å². The Bertz CT molecular complexity index is 1000. The molecule has 1 aliphatic carbocycles. The molecule has 0 spiro atoms. The summed E-state index contributed by atoms with van der Waals surface area (Å²) in [6.07, 6.45) is 3.07. The van der Waals surface area contributed by atoms with E-state index in [9.17, 15) is 14.7 Å². The van der Waals surface area contributed by atoms with Crippen molar-refractivity contribution >= 4 is 12.1 Å². The number of nitrogens with one attached hydrogen (secondary N) is 1. The molecule has 202 valence electrons. The van der Waals surface area contributed by atoms with Crippen LogP contribution in [0.5, 0.6) is 0 Å². The van der Waals surface area contributed by atoms with Gasteiger partial charge in [0.25, 0.3) is 0 Å². The Morgan fingerprint density at radius 3 is 2.16 bits per heavy atom. The predicted molar refractivity (Wildman–Crippen MR) is 145 cm³/mol. The van der Waals surface area contributed by atoms with Gasteiger partial charge in [-0.05, 0) is 63.5 Å². The average Bonchev–Trinajstić information content (AvgIpc) is 2.83. The number of carbonyl (C=O) groups is 2. The van der Waals surface area contributed by atoms with Crippen LogP contribution in [-0.4, -0.2) is 40.5 Å². The summed E-state index contributed by atoms with van der Waals surface area (Å²) < 4.78 is 11.6. The van der Waals surface area contributed by atoms with E-state index in [0.29, 0.717) is 6.42 Å². The normalized spacial score (nSPS) is 20.5. The third-order valence-electron chi connectivity index (χ3n) is 6.83.